The van der Waals surface area contributed by atoms with E-state index in [2.05, 4.69) is 5.32 Å². The van der Waals surface area contributed by atoms with Gasteiger partial charge in [0.2, 0.25) is 0 Å². The molecule has 0 amide bonds. The first-order chi connectivity index (χ1) is 16.1. The molecule has 34 heavy (non-hydrogen) atoms. The molecule has 0 aliphatic rings. The molecule has 1 unspecified atom stereocenters. The first kappa shape index (κ1) is 25.2. The van der Waals surface area contributed by atoms with Gasteiger partial charge in [-0.3, -0.25) is 9.59 Å². The van der Waals surface area contributed by atoms with Crippen molar-refractivity contribution >= 4 is 50.6 Å². The van der Waals surface area contributed by atoms with Gasteiger partial charge in [0.25, 0.3) is 0 Å². The average Bonchev–Trinajstić information content (AvgIpc) is 2.76. The highest BCUT2D eigenvalue weighted by molar-refractivity contribution is 7.92. The Kier molecular flexibility index (Phi) is 7.91. The lowest BCUT2D eigenvalue weighted by molar-refractivity contribution is -0.136. The number of nitrogens with one attached hydrogen (secondary N) is 1. The van der Waals surface area contributed by atoms with E-state index < -0.39 is 21.1 Å². The van der Waals surface area contributed by atoms with Gasteiger partial charge in [-0.25, -0.2) is 8.42 Å². The van der Waals surface area contributed by atoms with Crippen LogP contribution in [0.1, 0.15) is 33.5 Å². The van der Waals surface area contributed by atoms with Crippen LogP contribution in [0.25, 0.3) is 6.08 Å². The van der Waals surface area contributed by atoms with Gasteiger partial charge in [0.05, 0.1) is 5.02 Å². The Morgan fingerprint density at radius 1 is 1.03 bits per heavy atom. The van der Waals surface area contributed by atoms with Gasteiger partial charge in [0.15, 0.2) is 20.9 Å². The van der Waals surface area contributed by atoms with Crippen LogP contribution >= 0.6 is 11.6 Å². The minimum atomic E-state index is -3.72. The zero-order valence-electron chi connectivity index (χ0n) is 18.7. The topological polar surface area (TPSA) is 101 Å². The quantitative estimate of drug-likeness (QED) is 0.377. The normalized spacial score (nSPS) is 12.4. The number of aliphatic carboxylic acids is 1. The zero-order valence-corrected chi connectivity index (χ0v) is 20.2. The van der Waals surface area contributed by atoms with Crippen LogP contribution in [0.15, 0.2) is 72.8 Å². The Labute approximate surface area is 203 Å². The van der Waals surface area contributed by atoms with Gasteiger partial charge >= 0.3 is 5.97 Å². The van der Waals surface area contributed by atoms with Crippen molar-refractivity contribution in [3.05, 3.63) is 100 Å². The van der Waals surface area contributed by atoms with Crippen LogP contribution in [-0.4, -0.2) is 36.8 Å². The number of hydrogen-bond donors (Lipinski definition) is 2. The third-order valence-electron chi connectivity index (χ3n) is 5.28. The SMILES string of the molecule is Cc1ccccc1C(=O)c1ccc(Nc2ccccc2C=CCC(C(=O)O)S(C)(=O)=O)cc1Cl. The van der Waals surface area contributed by atoms with E-state index in [1.807, 2.05) is 49.4 Å². The molecule has 0 fully saturated rings. The number of carbonyl (C=O) groups excluding carboxylic acids is 1. The first-order valence-electron chi connectivity index (χ1n) is 10.4. The first-order valence-corrected chi connectivity index (χ1v) is 12.8. The number of anilines is 2. The fourth-order valence-electron chi connectivity index (χ4n) is 3.44. The average molecular weight is 498 g/mol. The fraction of sp³-hybridized carbons (Fsp3) is 0.154. The van der Waals surface area contributed by atoms with E-state index in [9.17, 15) is 18.0 Å². The van der Waals surface area contributed by atoms with Crippen LogP contribution in [0.5, 0.6) is 0 Å². The number of aryl methyl sites for hydroxylation is 1. The van der Waals surface area contributed by atoms with E-state index >= 15 is 0 Å². The summed E-state index contributed by atoms with van der Waals surface area (Å²) < 4.78 is 23.4. The minimum Gasteiger partial charge on any atom is -0.480 e. The largest absolute Gasteiger partial charge is 0.480 e. The molecule has 0 spiro atoms. The molecule has 3 aromatic rings. The Bertz CT molecular complexity index is 1370. The van der Waals surface area contributed by atoms with E-state index in [0.717, 1.165) is 17.4 Å². The maximum Gasteiger partial charge on any atom is 0.322 e. The van der Waals surface area contributed by atoms with Gasteiger partial charge in [0.1, 0.15) is 0 Å². The summed E-state index contributed by atoms with van der Waals surface area (Å²) in [6.45, 7) is 1.87. The second kappa shape index (κ2) is 10.7. The Hall–Kier alpha value is -3.42. The molecule has 0 aliphatic heterocycles. The van der Waals surface area contributed by atoms with E-state index in [4.69, 9.17) is 16.7 Å². The van der Waals surface area contributed by atoms with Crippen LogP contribution in [0.4, 0.5) is 11.4 Å². The second-order valence-electron chi connectivity index (χ2n) is 7.85. The number of carboxylic acid groups (broad SMARTS) is 1. The molecule has 176 valence electrons. The van der Waals surface area contributed by atoms with Crippen molar-refractivity contribution in [2.75, 3.05) is 11.6 Å². The lowest BCUT2D eigenvalue weighted by Crippen LogP contribution is -2.28. The summed E-state index contributed by atoms with van der Waals surface area (Å²) in [5, 5.41) is 11.2. The molecule has 0 aromatic heterocycles. The molecule has 0 aliphatic carbocycles. The third kappa shape index (κ3) is 6.12. The number of carbonyl (C=O) groups is 2. The second-order valence-corrected chi connectivity index (χ2v) is 10.5. The van der Waals surface area contributed by atoms with Crippen molar-refractivity contribution in [3.8, 4) is 0 Å². The van der Waals surface area contributed by atoms with E-state index in [1.54, 1.807) is 30.3 Å². The van der Waals surface area contributed by atoms with Crippen molar-refractivity contribution < 1.29 is 23.1 Å². The van der Waals surface area contributed by atoms with E-state index in [0.29, 0.717) is 27.5 Å². The molecule has 0 bridgehead atoms. The van der Waals surface area contributed by atoms with Crippen LogP contribution in [-0.2, 0) is 14.6 Å². The van der Waals surface area contributed by atoms with Crippen molar-refractivity contribution in [1.29, 1.82) is 0 Å². The fourth-order valence-corrected chi connectivity index (χ4v) is 4.53. The van der Waals surface area contributed by atoms with Gasteiger partial charge in [-0.15, -0.1) is 0 Å². The predicted octanol–water partition coefficient (Wildman–Crippen LogP) is 5.52. The van der Waals surface area contributed by atoms with Gasteiger partial charge in [-0.2, -0.15) is 0 Å². The Balaban J connectivity index is 1.81. The zero-order chi connectivity index (χ0) is 24.9. The molecule has 0 heterocycles. The summed E-state index contributed by atoms with van der Waals surface area (Å²) in [6.07, 6.45) is 3.95. The molecule has 3 rings (SSSR count). The molecular weight excluding hydrogens is 474 g/mol. The van der Waals surface area contributed by atoms with E-state index in [1.165, 1.54) is 6.08 Å². The van der Waals surface area contributed by atoms with Gasteiger partial charge in [-0.05, 0) is 48.7 Å². The number of allylic oxidation sites excluding steroid dienone is 1. The highest BCUT2D eigenvalue weighted by Gasteiger charge is 2.27. The highest BCUT2D eigenvalue weighted by atomic mass is 35.5. The standard InChI is InChI=1S/C26H24ClNO5S/c1-17-8-3-5-11-20(17)25(29)21-15-14-19(16-22(21)27)28-23-12-6-4-9-18(23)10-7-13-24(26(30)31)34(2,32)33/h3-12,14-16,24,28H,13H2,1-2H3,(H,30,31). The number of halogens is 1. The molecule has 2 N–H and O–H groups in total. The molecule has 1 atom stereocenters. The van der Waals surface area contributed by atoms with Crippen molar-refractivity contribution in [3.63, 3.8) is 0 Å². The molecule has 0 saturated carbocycles. The Morgan fingerprint density at radius 2 is 1.71 bits per heavy atom. The summed E-state index contributed by atoms with van der Waals surface area (Å²) in [5.74, 6) is -1.54. The van der Waals surface area contributed by atoms with Crippen LogP contribution in [0, 0.1) is 6.92 Å². The van der Waals surface area contributed by atoms with Crippen LogP contribution < -0.4 is 5.32 Å². The predicted molar refractivity (Wildman–Crippen MR) is 136 cm³/mol. The summed E-state index contributed by atoms with van der Waals surface area (Å²) in [6, 6.07) is 19.7. The van der Waals surface area contributed by atoms with Crippen molar-refractivity contribution in [2.24, 2.45) is 0 Å². The van der Waals surface area contributed by atoms with Gasteiger partial charge in [-0.1, -0.05) is 66.2 Å². The number of benzene rings is 3. The molecule has 6 nitrogen and oxygen atoms in total. The maximum atomic E-state index is 12.9. The Morgan fingerprint density at radius 3 is 2.35 bits per heavy atom. The van der Waals surface area contributed by atoms with Gasteiger partial charge < -0.3 is 10.4 Å². The summed E-state index contributed by atoms with van der Waals surface area (Å²) >= 11 is 6.44. The third-order valence-corrected chi connectivity index (χ3v) is 7.02. The molecule has 0 radical (unpaired) electrons. The molecule has 0 saturated heterocycles. The number of sulfone groups is 1. The monoisotopic (exact) mass is 497 g/mol. The smallest absolute Gasteiger partial charge is 0.322 e. The number of ketones is 1. The highest BCUT2D eigenvalue weighted by Crippen LogP contribution is 2.28. The number of carboxylic acids is 1. The van der Waals surface area contributed by atoms with Crippen LogP contribution in [0.3, 0.4) is 0 Å². The van der Waals surface area contributed by atoms with Crippen LogP contribution in [0.2, 0.25) is 5.02 Å². The molecular formula is C26H24ClNO5S. The maximum absolute atomic E-state index is 12.9. The number of para-hydroxylation sites is 1. The number of rotatable bonds is 9. The minimum absolute atomic E-state index is 0.149. The lowest BCUT2D eigenvalue weighted by Gasteiger charge is -2.12. The summed E-state index contributed by atoms with van der Waals surface area (Å²) in [5.41, 5.74) is 3.96. The summed E-state index contributed by atoms with van der Waals surface area (Å²) in [4.78, 5) is 24.2. The molecule has 3 aromatic carbocycles. The summed E-state index contributed by atoms with van der Waals surface area (Å²) in [7, 11) is -3.72. The van der Waals surface area contributed by atoms with Gasteiger partial charge in [0, 0.05) is 28.8 Å². The van der Waals surface area contributed by atoms with E-state index in [-0.39, 0.29) is 12.2 Å². The lowest BCUT2D eigenvalue weighted by atomic mass is 9.99. The number of hydrogen-bond acceptors (Lipinski definition) is 5. The molecule has 8 heteroatoms. The van der Waals surface area contributed by atoms with Crippen molar-refractivity contribution in [2.45, 2.75) is 18.6 Å². The van der Waals surface area contributed by atoms with Crippen molar-refractivity contribution in [1.82, 2.24) is 0 Å².